The minimum absolute atomic E-state index is 0.589. The third-order valence-corrected chi connectivity index (χ3v) is 4.38. The van der Waals surface area contributed by atoms with Gasteiger partial charge in [0.1, 0.15) is 17.3 Å². The van der Waals surface area contributed by atoms with Crippen molar-refractivity contribution in [1.82, 2.24) is 4.98 Å². The molecule has 0 radical (unpaired) electrons. The van der Waals surface area contributed by atoms with Crippen LogP contribution in [0.1, 0.15) is 18.4 Å². The van der Waals surface area contributed by atoms with Gasteiger partial charge < -0.3 is 9.32 Å². The molecule has 0 atom stereocenters. The number of aromatic nitrogens is 1. The van der Waals surface area contributed by atoms with Crippen LogP contribution in [0.5, 0.6) is 0 Å². The Balaban J connectivity index is 1.95. The van der Waals surface area contributed by atoms with Crippen LogP contribution in [-0.2, 0) is 0 Å². The topological polar surface area (TPSA) is 53.1 Å². The molecule has 1 aliphatic heterocycles. The number of hydrogen-bond acceptors (Lipinski definition) is 4. The van der Waals surface area contributed by atoms with Crippen molar-refractivity contribution in [2.24, 2.45) is 0 Å². The number of rotatable bonds is 3. The van der Waals surface area contributed by atoms with Gasteiger partial charge in [0.2, 0.25) is 0 Å². The maximum Gasteiger partial charge on any atom is 0.153 e. The maximum atomic E-state index is 9.76. The van der Waals surface area contributed by atoms with E-state index < -0.39 is 0 Å². The molecule has 3 aromatic rings. The molecule has 4 heteroatoms. The highest BCUT2D eigenvalue weighted by atomic mass is 16.3. The summed E-state index contributed by atoms with van der Waals surface area (Å²) in [7, 11) is 0. The van der Waals surface area contributed by atoms with Crippen molar-refractivity contribution in [2.45, 2.75) is 12.8 Å². The summed E-state index contributed by atoms with van der Waals surface area (Å²) >= 11 is 0. The third-order valence-electron chi connectivity index (χ3n) is 4.38. The molecule has 1 aliphatic rings. The Labute approximate surface area is 141 Å². The first-order valence-corrected chi connectivity index (χ1v) is 8.16. The molecule has 3 heterocycles. The van der Waals surface area contributed by atoms with Crippen LogP contribution >= 0.6 is 0 Å². The average Bonchev–Trinajstić information content (AvgIpc) is 3.35. The summed E-state index contributed by atoms with van der Waals surface area (Å²) in [4.78, 5) is 7.02. The molecule has 0 amide bonds. The van der Waals surface area contributed by atoms with Crippen LogP contribution in [-0.4, -0.2) is 18.1 Å². The Morgan fingerprint density at radius 1 is 1.04 bits per heavy atom. The number of anilines is 1. The lowest BCUT2D eigenvalue weighted by atomic mass is 10.0. The number of pyridine rings is 1. The van der Waals surface area contributed by atoms with Crippen molar-refractivity contribution in [1.29, 1.82) is 5.26 Å². The second-order valence-electron chi connectivity index (χ2n) is 5.90. The molecule has 0 unspecified atom stereocenters. The molecule has 0 N–H and O–H groups in total. The zero-order valence-corrected chi connectivity index (χ0v) is 13.3. The maximum absolute atomic E-state index is 9.76. The molecular weight excluding hydrogens is 298 g/mol. The Morgan fingerprint density at radius 3 is 2.50 bits per heavy atom. The van der Waals surface area contributed by atoms with Crippen molar-refractivity contribution >= 4 is 5.69 Å². The van der Waals surface area contributed by atoms with Crippen LogP contribution in [0.2, 0.25) is 0 Å². The Morgan fingerprint density at radius 2 is 1.83 bits per heavy atom. The van der Waals surface area contributed by atoms with Crippen LogP contribution in [0, 0.1) is 11.3 Å². The number of furan rings is 1. The van der Waals surface area contributed by atoms with Gasteiger partial charge in [-0.3, -0.25) is 0 Å². The minimum atomic E-state index is 0.589. The van der Waals surface area contributed by atoms with Crippen LogP contribution in [0.25, 0.3) is 22.7 Å². The quantitative estimate of drug-likeness (QED) is 0.715. The Kier molecular flexibility index (Phi) is 3.76. The fourth-order valence-corrected chi connectivity index (χ4v) is 3.20. The first-order chi connectivity index (χ1) is 11.9. The van der Waals surface area contributed by atoms with Crippen molar-refractivity contribution in [2.75, 3.05) is 18.0 Å². The van der Waals surface area contributed by atoms with E-state index in [2.05, 4.69) is 11.0 Å². The molecule has 1 fully saturated rings. The van der Waals surface area contributed by atoms with E-state index in [1.807, 2.05) is 48.5 Å². The monoisotopic (exact) mass is 315 g/mol. The van der Waals surface area contributed by atoms with Crippen molar-refractivity contribution in [3.05, 3.63) is 60.4 Å². The van der Waals surface area contributed by atoms with E-state index in [1.165, 1.54) is 0 Å². The largest absolute Gasteiger partial charge is 0.463 e. The number of nitriles is 1. The molecule has 1 aromatic carbocycles. The molecule has 4 rings (SSSR count). The second-order valence-corrected chi connectivity index (χ2v) is 5.90. The molecule has 4 nitrogen and oxygen atoms in total. The van der Waals surface area contributed by atoms with Crippen LogP contribution < -0.4 is 4.90 Å². The summed E-state index contributed by atoms with van der Waals surface area (Å²) in [5.74, 6) is 0.629. The SMILES string of the molecule is N#Cc1c(N2CCCC2)cc(-c2ccccc2)nc1-c1ccco1. The number of nitrogens with zero attached hydrogens (tertiary/aromatic N) is 3. The summed E-state index contributed by atoms with van der Waals surface area (Å²) in [5.41, 5.74) is 4.06. The van der Waals surface area contributed by atoms with Crippen molar-refractivity contribution in [3.8, 4) is 28.8 Å². The van der Waals surface area contributed by atoms with Gasteiger partial charge in [0, 0.05) is 18.7 Å². The zero-order chi connectivity index (χ0) is 16.4. The van der Waals surface area contributed by atoms with Gasteiger partial charge in [-0.1, -0.05) is 30.3 Å². The van der Waals surface area contributed by atoms with E-state index in [0.717, 1.165) is 42.9 Å². The average molecular weight is 315 g/mol. The summed E-state index contributed by atoms with van der Waals surface area (Å²) in [6.07, 6.45) is 3.93. The van der Waals surface area contributed by atoms with E-state index in [1.54, 1.807) is 6.26 Å². The van der Waals surface area contributed by atoms with Crippen molar-refractivity contribution < 1.29 is 4.42 Å². The highest BCUT2D eigenvalue weighted by Crippen LogP contribution is 2.35. The smallest absolute Gasteiger partial charge is 0.153 e. The minimum Gasteiger partial charge on any atom is -0.463 e. The van der Waals surface area contributed by atoms with E-state index in [0.29, 0.717) is 17.0 Å². The van der Waals surface area contributed by atoms with Gasteiger partial charge >= 0.3 is 0 Å². The van der Waals surface area contributed by atoms with E-state index >= 15 is 0 Å². The highest BCUT2D eigenvalue weighted by molar-refractivity contribution is 5.78. The lowest BCUT2D eigenvalue weighted by Crippen LogP contribution is -2.19. The van der Waals surface area contributed by atoms with Gasteiger partial charge in [-0.15, -0.1) is 0 Å². The number of hydrogen-bond donors (Lipinski definition) is 0. The molecule has 0 aliphatic carbocycles. The molecule has 0 spiro atoms. The normalized spacial score (nSPS) is 13.9. The van der Waals surface area contributed by atoms with E-state index in [9.17, 15) is 5.26 Å². The fraction of sp³-hybridized carbons (Fsp3) is 0.200. The first-order valence-electron chi connectivity index (χ1n) is 8.16. The van der Waals surface area contributed by atoms with Crippen LogP contribution in [0.15, 0.2) is 59.2 Å². The Bertz CT molecular complexity index is 873. The summed E-state index contributed by atoms with van der Waals surface area (Å²) < 4.78 is 5.54. The molecule has 118 valence electrons. The molecular formula is C20H17N3O. The van der Waals surface area contributed by atoms with Gasteiger partial charge in [0.05, 0.1) is 17.6 Å². The summed E-state index contributed by atoms with van der Waals surface area (Å²) in [5, 5.41) is 9.76. The first kappa shape index (κ1) is 14.5. The second kappa shape index (κ2) is 6.21. The van der Waals surface area contributed by atoms with E-state index in [-0.39, 0.29) is 0 Å². The standard InChI is InChI=1S/C20H17N3O/c21-14-16-18(23-10-4-5-11-23)13-17(15-7-2-1-3-8-15)22-20(16)19-9-6-12-24-19/h1-3,6-9,12-13H,4-5,10-11H2. The molecule has 0 bridgehead atoms. The molecule has 0 saturated carbocycles. The Hall–Kier alpha value is -3.06. The van der Waals surface area contributed by atoms with Gasteiger partial charge in [-0.25, -0.2) is 4.98 Å². The predicted molar refractivity (Wildman–Crippen MR) is 93.5 cm³/mol. The fourth-order valence-electron chi connectivity index (χ4n) is 3.20. The highest BCUT2D eigenvalue weighted by Gasteiger charge is 2.22. The predicted octanol–water partition coefficient (Wildman–Crippen LogP) is 4.48. The van der Waals surface area contributed by atoms with Gasteiger partial charge in [-0.2, -0.15) is 5.26 Å². The van der Waals surface area contributed by atoms with Gasteiger partial charge in [-0.05, 0) is 31.0 Å². The summed E-state index contributed by atoms with van der Waals surface area (Å²) in [6, 6.07) is 18.1. The van der Waals surface area contributed by atoms with E-state index in [4.69, 9.17) is 9.40 Å². The van der Waals surface area contributed by atoms with Gasteiger partial charge in [0.25, 0.3) is 0 Å². The molecule has 1 saturated heterocycles. The lowest BCUT2D eigenvalue weighted by molar-refractivity contribution is 0.580. The van der Waals surface area contributed by atoms with Gasteiger partial charge in [0.15, 0.2) is 5.76 Å². The number of benzene rings is 1. The third kappa shape index (κ3) is 2.55. The zero-order valence-electron chi connectivity index (χ0n) is 13.3. The van der Waals surface area contributed by atoms with Crippen LogP contribution in [0.3, 0.4) is 0 Å². The molecule has 24 heavy (non-hydrogen) atoms. The van der Waals surface area contributed by atoms with Crippen LogP contribution in [0.4, 0.5) is 5.69 Å². The van der Waals surface area contributed by atoms with Crippen molar-refractivity contribution in [3.63, 3.8) is 0 Å². The summed E-state index contributed by atoms with van der Waals surface area (Å²) in [6.45, 7) is 1.95. The molecule has 2 aromatic heterocycles. The lowest BCUT2D eigenvalue weighted by Gasteiger charge is -2.21.